The highest BCUT2D eigenvalue weighted by Gasteiger charge is 2.62. The first-order valence-electron chi connectivity index (χ1n) is 7.57. The van der Waals surface area contributed by atoms with E-state index in [1.807, 2.05) is 20.0 Å². The lowest BCUT2D eigenvalue weighted by molar-refractivity contribution is 0.0272. The van der Waals surface area contributed by atoms with E-state index >= 15 is 0 Å². The second-order valence-electron chi connectivity index (χ2n) is 7.11. The summed E-state index contributed by atoms with van der Waals surface area (Å²) in [5, 5.41) is 3.06. The Morgan fingerprint density at radius 3 is 2.60 bits per heavy atom. The van der Waals surface area contributed by atoms with Gasteiger partial charge in [-0.25, -0.2) is 4.98 Å². The van der Waals surface area contributed by atoms with E-state index in [-0.39, 0.29) is 11.5 Å². The van der Waals surface area contributed by atoms with Gasteiger partial charge < -0.3 is 10.1 Å². The van der Waals surface area contributed by atoms with Crippen LogP contribution in [0.3, 0.4) is 0 Å². The SMILES string of the molecule is CNc1cc(OC2CC3CCC2(C)C3(C)C)nc(C)n1. The van der Waals surface area contributed by atoms with E-state index in [9.17, 15) is 0 Å². The van der Waals surface area contributed by atoms with Crippen LogP contribution in [-0.2, 0) is 0 Å². The zero-order valence-electron chi connectivity index (χ0n) is 13.2. The Hall–Kier alpha value is -1.32. The summed E-state index contributed by atoms with van der Waals surface area (Å²) in [5.74, 6) is 3.06. The number of nitrogens with one attached hydrogen (secondary N) is 1. The molecule has 0 aromatic carbocycles. The number of aromatic nitrogens is 2. The molecule has 2 saturated carbocycles. The molecule has 0 spiro atoms. The maximum Gasteiger partial charge on any atom is 0.219 e. The highest BCUT2D eigenvalue weighted by Crippen LogP contribution is 2.66. The van der Waals surface area contributed by atoms with Crippen molar-refractivity contribution in [3.8, 4) is 5.88 Å². The molecule has 4 nitrogen and oxygen atoms in total. The summed E-state index contributed by atoms with van der Waals surface area (Å²) in [5.41, 5.74) is 0.627. The number of hydrogen-bond acceptors (Lipinski definition) is 4. The van der Waals surface area contributed by atoms with E-state index in [1.54, 1.807) is 0 Å². The fraction of sp³-hybridized carbons (Fsp3) is 0.750. The molecule has 2 aliphatic rings. The van der Waals surface area contributed by atoms with E-state index in [1.165, 1.54) is 12.8 Å². The van der Waals surface area contributed by atoms with Crippen molar-refractivity contribution in [1.29, 1.82) is 0 Å². The number of ether oxygens (including phenoxy) is 1. The smallest absolute Gasteiger partial charge is 0.219 e. The first-order valence-corrected chi connectivity index (χ1v) is 7.57. The Labute approximate surface area is 121 Å². The average Bonchev–Trinajstić information content (AvgIpc) is 2.71. The third kappa shape index (κ3) is 1.80. The van der Waals surface area contributed by atoms with Crippen LogP contribution in [0.5, 0.6) is 5.88 Å². The third-order valence-electron chi connectivity index (χ3n) is 6.05. The molecular weight excluding hydrogens is 250 g/mol. The van der Waals surface area contributed by atoms with Gasteiger partial charge in [-0.15, -0.1) is 0 Å². The monoisotopic (exact) mass is 275 g/mol. The quantitative estimate of drug-likeness (QED) is 0.918. The summed E-state index contributed by atoms with van der Waals surface area (Å²) < 4.78 is 6.28. The zero-order valence-corrected chi connectivity index (χ0v) is 13.2. The number of aryl methyl sites for hydroxylation is 1. The molecule has 20 heavy (non-hydrogen) atoms. The van der Waals surface area contributed by atoms with Gasteiger partial charge in [0, 0.05) is 18.5 Å². The minimum atomic E-state index is 0.260. The minimum Gasteiger partial charge on any atom is -0.474 e. The van der Waals surface area contributed by atoms with Crippen LogP contribution in [0, 0.1) is 23.7 Å². The second-order valence-corrected chi connectivity index (χ2v) is 7.11. The summed E-state index contributed by atoms with van der Waals surface area (Å²) in [7, 11) is 1.87. The van der Waals surface area contributed by atoms with E-state index in [0.717, 1.165) is 24.0 Å². The Bertz CT molecular complexity index is 528. The normalized spacial score (nSPS) is 34.2. The van der Waals surface area contributed by atoms with Crippen LogP contribution in [0.1, 0.15) is 45.9 Å². The molecule has 4 heteroatoms. The van der Waals surface area contributed by atoms with E-state index in [4.69, 9.17) is 4.74 Å². The van der Waals surface area contributed by atoms with Gasteiger partial charge in [0.25, 0.3) is 0 Å². The molecule has 2 bridgehead atoms. The lowest BCUT2D eigenvalue weighted by Crippen LogP contribution is -2.39. The fourth-order valence-electron chi connectivity index (χ4n) is 4.18. The van der Waals surface area contributed by atoms with E-state index in [0.29, 0.717) is 11.3 Å². The molecular formula is C16H25N3O. The first-order chi connectivity index (χ1) is 9.36. The molecule has 0 radical (unpaired) electrons. The van der Waals surface area contributed by atoms with Gasteiger partial charge in [0.1, 0.15) is 17.7 Å². The number of nitrogens with zero attached hydrogens (tertiary/aromatic N) is 2. The van der Waals surface area contributed by atoms with Crippen molar-refractivity contribution in [2.75, 3.05) is 12.4 Å². The zero-order chi connectivity index (χ0) is 14.5. The molecule has 110 valence electrons. The highest BCUT2D eigenvalue weighted by atomic mass is 16.5. The maximum absolute atomic E-state index is 6.28. The van der Waals surface area contributed by atoms with E-state index < -0.39 is 0 Å². The largest absolute Gasteiger partial charge is 0.474 e. The van der Waals surface area contributed by atoms with Crippen molar-refractivity contribution in [3.63, 3.8) is 0 Å². The summed E-state index contributed by atoms with van der Waals surface area (Å²) in [4.78, 5) is 8.75. The van der Waals surface area contributed by atoms with Crippen molar-refractivity contribution in [2.24, 2.45) is 16.7 Å². The highest BCUT2D eigenvalue weighted by molar-refractivity contribution is 5.37. The van der Waals surface area contributed by atoms with Crippen molar-refractivity contribution >= 4 is 5.82 Å². The number of anilines is 1. The van der Waals surface area contributed by atoms with Gasteiger partial charge >= 0.3 is 0 Å². The van der Waals surface area contributed by atoms with Gasteiger partial charge in [0.15, 0.2) is 0 Å². The summed E-state index contributed by atoms with van der Waals surface area (Å²) >= 11 is 0. The minimum absolute atomic E-state index is 0.260. The van der Waals surface area contributed by atoms with Crippen molar-refractivity contribution in [1.82, 2.24) is 9.97 Å². The molecule has 2 aliphatic carbocycles. The molecule has 0 amide bonds. The van der Waals surface area contributed by atoms with Crippen molar-refractivity contribution in [3.05, 3.63) is 11.9 Å². The summed E-state index contributed by atoms with van der Waals surface area (Å²) in [6.07, 6.45) is 4.03. The van der Waals surface area contributed by atoms with Crippen molar-refractivity contribution in [2.45, 2.75) is 53.1 Å². The average molecular weight is 275 g/mol. The molecule has 1 aromatic rings. The fourth-order valence-corrected chi connectivity index (χ4v) is 4.18. The first kappa shape index (κ1) is 13.7. The predicted molar refractivity (Wildman–Crippen MR) is 80.0 cm³/mol. The van der Waals surface area contributed by atoms with Crippen LogP contribution < -0.4 is 10.1 Å². The van der Waals surface area contributed by atoms with Gasteiger partial charge in [0.05, 0.1) is 0 Å². The second kappa shape index (κ2) is 4.34. The molecule has 0 aliphatic heterocycles. The molecule has 1 aromatic heterocycles. The van der Waals surface area contributed by atoms with Gasteiger partial charge in [-0.1, -0.05) is 20.8 Å². The Balaban J connectivity index is 1.85. The predicted octanol–water partition coefficient (Wildman–Crippen LogP) is 3.42. The molecule has 1 N–H and O–H groups in total. The van der Waals surface area contributed by atoms with Gasteiger partial charge in [0.2, 0.25) is 5.88 Å². The third-order valence-corrected chi connectivity index (χ3v) is 6.05. The number of fused-ring (bicyclic) bond motifs is 2. The van der Waals surface area contributed by atoms with Crippen LogP contribution in [-0.4, -0.2) is 23.1 Å². The molecule has 3 atom stereocenters. The van der Waals surface area contributed by atoms with Gasteiger partial charge in [-0.2, -0.15) is 4.98 Å². The van der Waals surface area contributed by atoms with Gasteiger partial charge in [-0.05, 0) is 37.5 Å². The van der Waals surface area contributed by atoms with E-state index in [2.05, 4.69) is 36.1 Å². The lowest BCUT2D eigenvalue weighted by atomic mass is 9.70. The molecule has 3 unspecified atom stereocenters. The standard InChI is InChI=1S/C16H25N3O/c1-10-18-13(17-5)9-14(19-10)20-12-8-11-6-7-16(12,4)15(11,2)3/h9,11-12H,6-8H2,1-5H3,(H,17,18,19). The Kier molecular flexibility index (Phi) is 2.96. The Morgan fingerprint density at radius 2 is 2.05 bits per heavy atom. The summed E-state index contributed by atoms with van der Waals surface area (Å²) in [6, 6.07) is 1.90. The molecule has 1 heterocycles. The van der Waals surface area contributed by atoms with Crippen LogP contribution in [0.4, 0.5) is 5.82 Å². The van der Waals surface area contributed by atoms with Gasteiger partial charge in [-0.3, -0.25) is 0 Å². The van der Waals surface area contributed by atoms with Crippen LogP contribution >= 0.6 is 0 Å². The molecule has 3 rings (SSSR count). The lowest BCUT2D eigenvalue weighted by Gasteiger charge is -2.38. The number of rotatable bonds is 3. The maximum atomic E-state index is 6.28. The van der Waals surface area contributed by atoms with Crippen LogP contribution in [0.2, 0.25) is 0 Å². The topological polar surface area (TPSA) is 47.0 Å². The van der Waals surface area contributed by atoms with Crippen LogP contribution in [0.25, 0.3) is 0 Å². The van der Waals surface area contributed by atoms with Crippen LogP contribution in [0.15, 0.2) is 6.07 Å². The Morgan fingerprint density at radius 1 is 1.30 bits per heavy atom. The number of hydrogen-bond donors (Lipinski definition) is 1. The molecule has 0 saturated heterocycles. The molecule has 2 fully saturated rings. The van der Waals surface area contributed by atoms with Crippen molar-refractivity contribution < 1.29 is 4.74 Å². The summed E-state index contributed by atoms with van der Waals surface area (Å²) in [6.45, 7) is 9.09.